The van der Waals surface area contributed by atoms with Gasteiger partial charge in [-0.3, -0.25) is 9.59 Å². The zero-order valence-corrected chi connectivity index (χ0v) is 15.7. The Bertz CT molecular complexity index is 773. The minimum atomic E-state index is -0.901. The van der Waals surface area contributed by atoms with Gasteiger partial charge >= 0.3 is 5.97 Å². The summed E-state index contributed by atoms with van der Waals surface area (Å²) in [5.74, 6) is -0.766. The highest BCUT2D eigenvalue weighted by atomic mass is 35.5. The van der Waals surface area contributed by atoms with Gasteiger partial charge in [0.15, 0.2) is 6.04 Å². The maximum atomic E-state index is 12.4. The summed E-state index contributed by atoms with van der Waals surface area (Å²) in [6.07, 6.45) is 0.801. The summed E-state index contributed by atoms with van der Waals surface area (Å²) < 4.78 is 0. The van der Waals surface area contributed by atoms with Crippen LogP contribution in [0.1, 0.15) is 39.7 Å². The Morgan fingerprint density at radius 3 is 2.54 bits per heavy atom. The highest BCUT2D eigenvalue weighted by molar-refractivity contribution is 6.30. The van der Waals surface area contributed by atoms with Crippen LogP contribution in [0.5, 0.6) is 0 Å². The van der Waals surface area contributed by atoms with Crippen molar-refractivity contribution < 1.29 is 14.7 Å². The summed E-state index contributed by atoms with van der Waals surface area (Å²) in [6, 6.07) is 6.39. The molecule has 1 amide bonds. The van der Waals surface area contributed by atoms with Crippen LogP contribution in [0.2, 0.25) is 5.02 Å². The normalized spacial score (nSPS) is 12.6. The van der Waals surface area contributed by atoms with Crippen molar-refractivity contribution in [3.63, 3.8) is 0 Å². The maximum Gasteiger partial charge on any atom is 0.309 e. The molecule has 0 radical (unpaired) electrons. The smallest absolute Gasteiger partial charge is 0.309 e. The number of hydrogen-bond acceptors (Lipinski definition) is 5. The van der Waals surface area contributed by atoms with Crippen LogP contribution in [-0.2, 0) is 9.59 Å². The van der Waals surface area contributed by atoms with Crippen molar-refractivity contribution in [3.05, 3.63) is 29.3 Å². The van der Waals surface area contributed by atoms with E-state index in [1.165, 1.54) is 4.80 Å². The number of aliphatic carboxylic acids is 1. The highest BCUT2D eigenvalue weighted by Crippen LogP contribution is 2.20. The molecule has 0 fully saturated rings. The fourth-order valence-corrected chi connectivity index (χ4v) is 2.37. The number of carboxylic acid groups (broad SMARTS) is 1. The fraction of sp³-hybridized carbons (Fsp3) is 0.471. The number of carbonyl (C=O) groups excluding carboxylic acids is 1. The first-order valence-electron chi connectivity index (χ1n) is 8.31. The Labute approximate surface area is 156 Å². The molecule has 9 heteroatoms. The molecule has 2 N–H and O–H groups in total. The van der Waals surface area contributed by atoms with Gasteiger partial charge in [-0.05, 0) is 56.2 Å². The topological polar surface area (TPSA) is 110 Å². The van der Waals surface area contributed by atoms with E-state index in [2.05, 4.69) is 20.7 Å². The van der Waals surface area contributed by atoms with Crippen molar-refractivity contribution in [3.8, 4) is 11.4 Å². The summed E-state index contributed by atoms with van der Waals surface area (Å²) in [4.78, 5) is 24.8. The van der Waals surface area contributed by atoms with E-state index in [-0.39, 0.29) is 12.5 Å². The molecule has 0 saturated heterocycles. The van der Waals surface area contributed by atoms with E-state index in [0.29, 0.717) is 23.7 Å². The van der Waals surface area contributed by atoms with Crippen LogP contribution in [0.25, 0.3) is 11.4 Å². The van der Waals surface area contributed by atoms with E-state index >= 15 is 0 Å². The number of amides is 1. The van der Waals surface area contributed by atoms with Crippen molar-refractivity contribution in [1.29, 1.82) is 0 Å². The largest absolute Gasteiger partial charge is 0.481 e. The average molecular weight is 380 g/mol. The van der Waals surface area contributed by atoms with E-state index in [0.717, 1.165) is 5.56 Å². The van der Waals surface area contributed by atoms with Gasteiger partial charge in [0.25, 0.3) is 0 Å². The van der Waals surface area contributed by atoms with E-state index < -0.39 is 17.4 Å². The highest BCUT2D eigenvalue weighted by Gasteiger charge is 2.28. The second-order valence-corrected chi connectivity index (χ2v) is 7.03. The molecule has 1 unspecified atom stereocenters. The second kappa shape index (κ2) is 8.27. The van der Waals surface area contributed by atoms with Crippen LogP contribution < -0.4 is 5.32 Å². The molecule has 26 heavy (non-hydrogen) atoms. The Hall–Kier alpha value is -2.48. The first-order valence-corrected chi connectivity index (χ1v) is 8.69. The molecular formula is C17H22ClN5O3. The molecule has 0 spiro atoms. The molecule has 1 atom stereocenters. The summed E-state index contributed by atoms with van der Waals surface area (Å²) in [5.41, 5.74) is -0.151. The van der Waals surface area contributed by atoms with Crippen LogP contribution in [0.15, 0.2) is 24.3 Å². The molecule has 1 aromatic heterocycles. The zero-order chi connectivity index (χ0) is 19.3. The molecule has 1 heterocycles. The standard InChI is InChI=1S/C17H22ClN5O3/c1-4-13(15(24)19-10-9-17(2,3)16(25)26)23-21-14(20-22-23)11-5-7-12(18)8-6-11/h5-8,13H,4,9-10H2,1-3H3,(H,19,24)(H,25,26). The van der Waals surface area contributed by atoms with Crippen LogP contribution in [-0.4, -0.2) is 43.7 Å². The van der Waals surface area contributed by atoms with Crippen molar-refractivity contribution >= 4 is 23.5 Å². The van der Waals surface area contributed by atoms with Crippen molar-refractivity contribution in [2.45, 2.75) is 39.7 Å². The molecule has 140 valence electrons. The summed E-state index contributed by atoms with van der Waals surface area (Å²) >= 11 is 5.87. The van der Waals surface area contributed by atoms with Gasteiger partial charge in [-0.25, -0.2) is 0 Å². The van der Waals surface area contributed by atoms with Gasteiger partial charge in [-0.15, -0.1) is 10.2 Å². The van der Waals surface area contributed by atoms with Gasteiger partial charge in [0.05, 0.1) is 5.41 Å². The second-order valence-electron chi connectivity index (χ2n) is 6.59. The van der Waals surface area contributed by atoms with Crippen LogP contribution in [0, 0.1) is 5.41 Å². The van der Waals surface area contributed by atoms with Crippen molar-refractivity contribution in [1.82, 2.24) is 25.5 Å². The monoisotopic (exact) mass is 379 g/mol. The number of nitrogens with zero attached hydrogens (tertiary/aromatic N) is 4. The zero-order valence-electron chi connectivity index (χ0n) is 14.9. The lowest BCUT2D eigenvalue weighted by Crippen LogP contribution is -2.36. The third-order valence-electron chi connectivity index (χ3n) is 4.13. The molecule has 1 aromatic carbocycles. The Balaban J connectivity index is 2.03. The van der Waals surface area contributed by atoms with Gasteiger partial charge in [0, 0.05) is 17.1 Å². The summed E-state index contributed by atoms with van der Waals surface area (Å²) in [5, 5.41) is 24.7. The maximum absolute atomic E-state index is 12.4. The predicted molar refractivity (Wildman–Crippen MR) is 96.6 cm³/mol. The van der Waals surface area contributed by atoms with Gasteiger partial charge in [-0.1, -0.05) is 18.5 Å². The third kappa shape index (κ3) is 4.78. The number of nitrogens with one attached hydrogen (secondary N) is 1. The number of halogens is 1. The minimum Gasteiger partial charge on any atom is -0.481 e. The minimum absolute atomic E-state index is 0.257. The summed E-state index contributed by atoms with van der Waals surface area (Å²) in [6.45, 7) is 5.34. The van der Waals surface area contributed by atoms with E-state index in [1.807, 2.05) is 6.92 Å². The molecule has 0 aliphatic carbocycles. The molecular weight excluding hydrogens is 358 g/mol. The van der Waals surface area contributed by atoms with Crippen molar-refractivity contribution in [2.75, 3.05) is 6.54 Å². The van der Waals surface area contributed by atoms with Gasteiger partial charge in [-0.2, -0.15) is 4.80 Å². The van der Waals surface area contributed by atoms with Crippen LogP contribution >= 0.6 is 11.6 Å². The van der Waals surface area contributed by atoms with Gasteiger partial charge < -0.3 is 10.4 Å². The first kappa shape index (κ1) is 19.8. The molecule has 0 aliphatic rings. The predicted octanol–water partition coefficient (Wildman–Crippen LogP) is 2.56. The van der Waals surface area contributed by atoms with E-state index in [4.69, 9.17) is 16.7 Å². The summed E-state index contributed by atoms with van der Waals surface area (Å²) in [7, 11) is 0. The van der Waals surface area contributed by atoms with E-state index in [1.54, 1.807) is 38.1 Å². The molecule has 2 aromatic rings. The quantitative estimate of drug-likeness (QED) is 0.729. The Kier molecular flexibility index (Phi) is 6.31. The lowest BCUT2D eigenvalue weighted by atomic mass is 9.90. The number of hydrogen-bond donors (Lipinski definition) is 2. The lowest BCUT2D eigenvalue weighted by Gasteiger charge is -2.20. The molecule has 0 bridgehead atoms. The fourth-order valence-electron chi connectivity index (χ4n) is 2.25. The van der Waals surface area contributed by atoms with Crippen LogP contribution in [0.4, 0.5) is 0 Å². The van der Waals surface area contributed by atoms with E-state index in [9.17, 15) is 9.59 Å². The van der Waals surface area contributed by atoms with Gasteiger partial charge in [0.1, 0.15) is 0 Å². The number of carbonyl (C=O) groups is 2. The molecule has 0 aliphatic heterocycles. The van der Waals surface area contributed by atoms with Crippen LogP contribution in [0.3, 0.4) is 0 Å². The molecule has 2 rings (SSSR count). The number of rotatable bonds is 8. The third-order valence-corrected chi connectivity index (χ3v) is 4.38. The number of tetrazole rings is 1. The van der Waals surface area contributed by atoms with Gasteiger partial charge in [0.2, 0.25) is 11.7 Å². The molecule has 0 saturated carbocycles. The number of aromatic nitrogens is 4. The SMILES string of the molecule is CCC(C(=O)NCCC(C)(C)C(=O)O)n1nnc(-c2ccc(Cl)cc2)n1. The first-order chi connectivity index (χ1) is 12.2. The van der Waals surface area contributed by atoms with Crippen molar-refractivity contribution in [2.24, 2.45) is 5.41 Å². The Morgan fingerprint density at radius 1 is 1.31 bits per heavy atom. The Morgan fingerprint density at radius 2 is 1.96 bits per heavy atom. The number of benzene rings is 1. The molecule has 8 nitrogen and oxygen atoms in total. The lowest BCUT2D eigenvalue weighted by molar-refractivity contribution is -0.147. The number of carboxylic acids is 1. The average Bonchev–Trinajstić information content (AvgIpc) is 3.05.